The predicted octanol–water partition coefficient (Wildman–Crippen LogP) is 4.93. The van der Waals surface area contributed by atoms with Crippen molar-refractivity contribution >= 4 is 23.2 Å². The van der Waals surface area contributed by atoms with E-state index in [1.165, 1.54) is 10.4 Å². The van der Waals surface area contributed by atoms with Crippen molar-refractivity contribution in [1.29, 1.82) is 0 Å². The van der Waals surface area contributed by atoms with E-state index >= 15 is 0 Å². The summed E-state index contributed by atoms with van der Waals surface area (Å²) in [6, 6.07) is 11.7. The van der Waals surface area contributed by atoms with Crippen molar-refractivity contribution in [3.05, 3.63) is 52.2 Å². The van der Waals surface area contributed by atoms with Crippen LogP contribution in [0.2, 0.25) is 0 Å². The zero-order valence-corrected chi connectivity index (χ0v) is 19.9. The number of carbonyl (C=O) groups is 2. The first-order valence-corrected chi connectivity index (χ1v) is 12.1. The normalized spacial score (nSPS) is 16.7. The van der Waals surface area contributed by atoms with E-state index in [4.69, 9.17) is 4.74 Å². The molecular weight excluding hydrogens is 408 g/mol. The summed E-state index contributed by atoms with van der Waals surface area (Å²) in [7, 11) is 0. The van der Waals surface area contributed by atoms with Gasteiger partial charge in [-0.2, -0.15) is 0 Å². The standard InChI is InChI=1S/C25H34N2O3S/c1-5-19(4)27(24(28)15-18(2)3)16-25(29)26-13-11-23-21(12-14-31-23)22(26)17-30-20-9-7-6-8-10-20/h6-10,12,14,18-19,22H,5,11,13,15-17H2,1-4H3. The number of para-hydroxylation sites is 1. The third-order valence-electron chi connectivity index (χ3n) is 5.90. The van der Waals surface area contributed by atoms with Crippen molar-refractivity contribution in [3.8, 4) is 5.75 Å². The van der Waals surface area contributed by atoms with Gasteiger partial charge in [0.1, 0.15) is 18.9 Å². The van der Waals surface area contributed by atoms with Crippen LogP contribution in [0.3, 0.4) is 0 Å². The van der Waals surface area contributed by atoms with Gasteiger partial charge in [0, 0.05) is 23.9 Å². The van der Waals surface area contributed by atoms with Crippen LogP contribution >= 0.6 is 11.3 Å². The van der Waals surface area contributed by atoms with Crippen molar-refractivity contribution in [2.75, 3.05) is 19.7 Å². The van der Waals surface area contributed by atoms with Crippen molar-refractivity contribution in [2.45, 2.75) is 59.0 Å². The van der Waals surface area contributed by atoms with Gasteiger partial charge in [-0.15, -0.1) is 11.3 Å². The molecule has 1 aromatic carbocycles. The van der Waals surface area contributed by atoms with Crippen LogP contribution < -0.4 is 4.74 Å². The first-order chi connectivity index (χ1) is 14.9. The number of thiophene rings is 1. The van der Waals surface area contributed by atoms with Crippen LogP contribution in [0.15, 0.2) is 41.8 Å². The highest BCUT2D eigenvalue weighted by Crippen LogP contribution is 2.34. The zero-order valence-electron chi connectivity index (χ0n) is 19.0. The summed E-state index contributed by atoms with van der Waals surface area (Å²) in [6.45, 7) is 9.34. The Labute approximate surface area is 190 Å². The van der Waals surface area contributed by atoms with Crippen molar-refractivity contribution in [1.82, 2.24) is 9.80 Å². The molecule has 1 aliphatic heterocycles. The van der Waals surface area contributed by atoms with Gasteiger partial charge in [-0.1, -0.05) is 39.0 Å². The second-order valence-electron chi connectivity index (χ2n) is 8.65. The number of ether oxygens (including phenoxy) is 1. The largest absolute Gasteiger partial charge is 0.491 e. The lowest BCUT2D eigenvalue weighted by Gasteiger charge is -2.38. The Bertz CT molecular complexity index is 865. The highest BCUT2D eigenvalue weighted by Gasteiger charge is 2.34. The molecule has 3 rings (SSSR count). The average molecular weight is 443 g/mol. The van der Waals surface area contributed by atoms with Gasteiger partial charge in [-0.05, 0) is 54.8 Å². The van der Waals surface area contributed by atoms with Gasteiger partial charge in [0.05, 0.1) is 6.04 Å². The predicted molar refractivity (Wildman–Crippen MR) is 125 cm³/mol. The van der Waals surface area contributed by atoms with E-state index in [0.717, 1.165) is 18.6 Å². The van der Waals surface area contributed by atoms with Gasteiger partial charge in [0.2, 0.25) is 11.8 Å². The fourth-order valence-electron chi connectivity index (χ4n) is 3.98. The molecule has 2 atom stereocenters. The second kappa shape index (κ2) is 10.8. The van der Waals surface area contributed by atoms with Gasteiger partial charge in [-0.25, -0.2) is 0 Å². The third-order valence-corrected chi connectivity index (χ3v) is 6.89. The average Bonchev–Trinajstić information content (AvgIpc) is 3.24. The lowest BCUT2D eigenvalue weighted by atomic mass is 10.00. The van der Waals surface area contributed by atoms with Crippen LogP contribution in [0.4, 0.5) is 0 Å². The maximum absolute atomic E-state index is 13.5. The van der Waals surface area contributed by atoms with Crippen LogP contribution in [0.5, 0.6) is 5.75 Å². The molecule has 1 aliphatic rings. The number of amides is 2. The van der Waals surface area contributed by atoms with Gasteiger partial charge < -0.3 is 14.5 Å². The van der Waals surface area contributed by atoms with E-state index in [0.29, 0.717) is 19.6 Å². The summed E-state index contributed by atoms with van der Waals surface area (Å²) in [5.74, 6) is 1.12. The minimum absolute atomic E-state index is 0.00378. The molecule has 6 heteroatoms. The first-order valence-electron chi connectivity index (χ1n) is 11.2. The Kier molecular flexibility index (Phi) is 8.13. The molecule has 0 N–H and O–H groups in total. The molecule has 2 aromatic rings. The zero-order chi connectivity index (χ0) is 22.4. The minimum atomic E-state index is -0.137. The lowest BCUT2D eigenvalue weighted by Crippen LogP contribution is -2.50. The molecule has 0 saturated carbocycles. The topological polar surface area (TPSA) is 49.9 Å². The molecule has 2 amide bonds. The monoisotopic (exact) mass is 442 g/mol. The molecule has 0 bridgehead atoms. The Balaban J connectivity index is 1.77. The molecule has 0 fully saturated rings. The number of hydrogen-bond acceptors (Lipinski definition) is 4. The number of rotatable bonds is 9. The van der Waals surface area contributed by atoms with Gasteiger partial charge >= 0.3 is 0 Å². The summed E-state index contributed by atoms with van der Waals surface area (Å²) in [6.07, 6.45) is 2.14. The second-order valence-corrected chi connectivity index (χ2v) is 9.65. The van der Waals surface area contributed by atoms with E-state index in [2.05, 4.69) is 18.4 Å². The van der Waals surface area contributed by atoms with E-state index in [9.17, 15) is 9.59 Å². The van der Waals surface area contributed by atoms with Crippen LogP contribution in [-0.4, -0.2) is 47.4 Å². The van der Waals surface area contributed by atoms with E-state index in [1.807, 2.05) is 56.0 Å². The maximum Gasteiger partial charge on any atom is 0.242 e. The molecular formula is C25H34N2O3S. The molecule has 0 spiro atoms. The molecule has 168 valence electrons. The molecule has 1 aromatic heterocycles. The van der Waals surface area contributed by atoms with Gasteiger partial charge in [-0.3, -0.25) is 9.59 Å². The van der Waals surface area contributed by atoms with Crippen molar-refractivity contribution < 1.29 is 14.3 Å². The molecule has 5 nitrogen and oxygen atoms in total. The van der Waals surface area contributed by atoms with Crippen LogP contribution in [0, 0.1) is 5.92 Å². The van der Waals surface area contributed by atoms with E-state index < -0.39 is 0 Å². The highest BCUT2D eigenvalue weighted by molar-refractivity contribution is 7.10. The van der Waals surface area contributed by atoms with Gasteiger partial charge in [0.25, 0.3) is 0 Å². The third kappa shape index (κ3) is 5.88. The Hall–Kier alpha value is -2.34. The van der Waals surface area contributed by atoms with E-state index in [-0.39, 0.29) is 36.4 Å². The Morgan fingerprint density at radius 3 is 2.61 bits per heavy atom. The Morgan fingerprint density at radius 2 is 1.94 bits per heavy atom. The first kappa shape index (κ1) is 23.3. The quantitative estimate of drug-likeness (QED) is 0.553. The number of hydrogen-bond donors (Lipinski definition) is 0. The summed E-state index contributed by atoms with van der Waals surface area (Å²) in [5, 5.41) is 2.09. The van der Waals surface area contributed by atoms with Crippen LogP contribution in [0.1, 0.15) is 57.0 Å². The SMILES string of the molecule is CCC(C)N(CC(=O)N1CCc2sccc2C1COc1ccccc1)C(=O)CC(C)C. The molecule has 0 saturated heterocycles. The number of fused-ring (bicyclic) bond motifs is 1. The summed E-state index contributed by atoms with van der Waals surface area (Å²) in [5.41, 5.74) is 1.17. The van der Waals surface area contributed by atoms with Crippen LogP contribution in [0.25, 0.3) is 0 Å². The van der Waals surface area contributed by atoms with Gasteiger partial charge in [0.15, 0.2) is 0 Å². The van der Waals surface area contributed by atoms with Crippen molar-refractivity contribution in [3.63, 3.8) is 0 Å². The maximum atomic E-state index is 13.5. The lowest BCUT2D eigenvalue weighted by molar-refractivity contribution is -0.144. The number of benzene rings is 1. The molecule has 0 aliphatic carbocycles. The summed E-state index contributed by atoms with van der Waals surface area (Å²) >= 11 is 1.74. The fraction of sp³-hybridized carbons (Fsp3) is 0.520. The van der Waals surface area contributed by atoms with Crippen molar-refractivity contribution in [2.24, 2.45) is 5.92 Å². The molecule has 2 unspecified atom stereocenters. The molecule has 0 radical (unpaired) electrons. The molecule has 31 heavy (non-hydrogen) atoms. The van der Waals surface area contributed by atoms with E-state index in [1.54, 1.807) is 16.2 Å². The minimum Gasteiger partial charge on any atom is -0.491 e. The molecule has 2 heterocycles. The highest BCUT2D eigenvalue weighted by atomic mass is 32.1. The Morgan fingerprint density at radius 1 is 1.19 bits per heavy atom. The summed E-state index contributed by atoms with van der Waals surface area (Å²) in [4.78, 5) is 31.3. The van der Waals surface area contributed by atoms with Crippen LogP contribution in [-0.2, 0) is 16.0 Å². The fourth-order valence-corrected chi connectivity index (χ4v) is 4.91. The summed E-state index contributed by atoms with van der Waals surface area (Å²) < 4.78 is 6.06. The number of nitrogens with zero attached hydrogens (tertiary/aromatic N) is 2. The smallest absolute Gasteiger partial charge is 0.242 e. The number of carbonyl (C=O) groups excluding carboxylic acids is 2.